The van der Waals surface area contributed by atoms with E-state index in [9.17, 15) is 4.79 Å². The lowest BCUT2D eigenvalue weighted by Gasteiger charge is -2.20. The molecule has 0 radical (unpaired) electrons. The topological polar surface area (TPSA) is 109 Å². The van der Waals surface area contributed by atoms with E-state index in [0.29, 0.717) is 23.2 Å². The Bertz CT molecular complexity index is 911. The van der Waals surface area contributed by atoms with Gasteiger partial charge in [-0.3, -0.25) is 5.32 Å². The summed E-state index contributed by atoms with van der Waals surface area (Å²) in [5.74, 6) is 1.69. The van der Waals surface area contributed by atoms with Crippen LogP contribution in [0.2, 0.25) is 0 Å². The molecule has 0 saturated carbocycles. The molecular formula is C23H35N7O2. The Balaban J connectivity index is 2.26. The molecule has 0 atom stereocenters. The van der Waals surface area contributed by atoms with Crippen LogP contribution in [0.15, 0.2) is 53.0 Å². The smallest absolute Gasteiger partial charge is 0.410 e. The highest BCUT2D eigenvalue weighted by Gasteiger charge is 2.17. The third-order valence-electron chi connectivity index (χ3n) is 4.65. The van der Waals surface area contributed by atoms with Crippen molar-refractivity contribution in [2.75, 3.05) is 39.1 Å². The molecule has 0 spiro atoms. The number of ether oxygens (including phenoxy) is 1. The van der Waals surface area contributed by atoms with Gasteiger partial charge in [0.15, 0.2) is 5.82 Å². The summed E-state index contributed by atoms with van der Waals surface area (Å²) in [5, 5.41) is 2.68. The molecule has 2 rings (SSSR count). The molecule has 1 aliphatic carbocycles. The fourth-order valence-corrected chi connectivity index (χ4v) is 2.52. The first-order chi connectivity index (χ1) is 15.0. The molecule has 3 N–H and O–H groups in total. The minimum atomic E-state index is -0.642. The zero-order chi connectivity index (χ0) is 23.7. The standard InChI is InChI=1S/C23H35N7O2/c1-23(2,3)18(24)16-20(28-22(31)32-17-10-8-7-9-11-17)26-19-12-13-25-21(27-19)30(6)15-14-29(4)5/h8,10-13,16H,7,9,14-15,24H2,1-6H3,(H,25,26,27,28,31)/b18-16-. The van der Waals surface area contributed by atoms with E-state index in [0.717, 1.165) is 25.9 Å². The Labute approximate surface area is 190 Å². The summed E-state index contributed by atoms with van der Waals surface area (Å²) in [6.07, 6.45) is 10.0. The summed E-state index contributed by atoms with van der Waals surface area (Å²) >= 11 is 0. The third kappa shape index (κ3) is 8.50. The van der Waals surface area contributed by atoms with Crippen molar-refractivity contribution in [1.82, 2.24) is 20.2 Å². The predicted octanol–water partition coefficient (Wildman–Crippen LogP) is 3.35. The summed E-state index contributed by atoms with van der Waals surface area (Å²) in [4.78, 5) is 29.8. The van der Waals surface area contributed by atoms with Gasteiger partial charge in [-0.15, -0.1) is 0 Å². The molecule has 0 aromatic carbocycles. The van der Waals surface area contributed by atoms with Gasteiger partial charge in [-0.05, 0) is 39.1 Å². The molecule has 0 unspecified atom stereocenters. The zero-order valence-electron chi connectivity index (χ0n) is 19.9. The van der Waals surface area contributed by atoms with Crippen LogP contribution in [0.3, 0.4) is 0 Å². The van der Waals surface area contributed by atoms with Crippen molar-refractivity contribution >= 4 is 23.7 Å². The number of likely N-dealkylation sites (N-methyl/N-ethyl adjacent to an activating group) is 2. The van der Waals surface area contributed by atoms with Crippen molar-refractivity contribution < 1.29 is 9.53 Å². The molecule has 174 valence electrons. The van der Waals surface area contributed by atoms with E-state index in [1.54, 1.807) is 24.4 Å². The SMILES string of the molecule is CN(C)CCN(C)c1nccc(N=C(/C=C(\N)C(C)(C)C)NC(=O)OC2=CCCC=C2)n1. The summed E-state index contributed by atoms with van der Waals surface area (Å²) < 4.78 is 5.37. The molecular weight excluding hydrogens is 406 g/mol. The molecule has 0 saturated heterocycles. The second-order valence-corrected chi connectivity index (χ2v) is 8.89. The van der Waals surface area contributed by atoms with Gasteiger partial charge in [-0.25, -0.2) is 14.8 Å². The monoisotopic (exact) mass is 441 g/mol. The number of amides is 1. The van der Waals surface area contributed by atoms with Crippen molar-refractivity contribution in [2.45, 2.75) is 33.6 Å². The number of rotatable bonds is 7. The highest BCUT2D eigenvalue weighted by molar-refractivity contribution is 6.04. The Morgan fingerprint density at radius 2 is 2.03 bits per heavy atom. The van der Waals surface area contributed by atoms with Crippen LogP contribution in [0, 0.1) is 5.41 Å². The fraction of sp³-hybridized carbons (Fsp3) is 0.478. The van der Waals surface area contributed by atoms with E-state index >= 15 is 0 Å². The van der Waals surface area contributed by atoms with Gasteiger partial charge >= 0.3 is 6.09 Å². The number of allylic oxidation sites excluding steroid dienone is 4. The Morgan fingerprint density at radius 3 is 2.66 bits per heavy atom. The minimum absolute atomic E-state index is 0.239. The largest absolute Gasteiger partial charge is 0.418 e. The number of anilines is 1. The average molecular weight is 442 g/mol. The van der Waals surface area contributed by atoms with Crippen LogP contribution in [-0.4, -0.2) is 61.0 Å². The Morgan fingerprint density at radius 1 is 1.28 bits per heavy atom. The normalized spacial score (nSPS) is 14.9. The molecule has 1 heterocycles. The van der Waals surface area contributed by atoms with Crippen LogP contribution >= 0.6 is 0 Å². The van der Waals surface area contributed by atoms with E-state index in [2.05, 4.69) is 25.2 Å². The molecule has 32 heavy (non-hydrogen) atoms. The minimum Gasteiger partial charge on any atom is -0.410 e. The van der Waals surface area contributed by atoms with E-state index < -0.39 is 6.09 Å². The van der Waals surface area contributed by atoms with E-state index in [4.69, 9.17) is 10.5 Å². The number of carbonyl (C=O) groups excluding carboxylic acids is 1. The number of carbonyl (C=O) groups is 1. The second kappa shape index (κ2) is 11.4. The maximum atomic E-state index is 12.5. The Kier molecular flexibility index (Phi) is 8.95. The number of nitrogens with two attached hydrogens (primary N) is 1. The van der Waals surface area contributed by atoms with E-state index in [1.165, 1.54) is 0 Å². The molecule has 9 nitrogen and oxygen atoms in total. The number of aliphatic imine (C=N–C) groups is 1. The molecule has 0 fully saturated rings. The van der Waals surface area contributed by atoms with Crippen LogP contribution in [0.4, 0.5) is 16.6 Å². The predicted molar refractivity (Wildman–Crippen MR) is 129 cm³/mol. The van der Waals surface area contributed by atoms with Crippen molar-refractivity contribution in [3.8, 4) is 0 Å². The molecule has 1 amide bonds. The van der Waals surface area contributed by atoms with E-state index in [1.807, 2.05) is 59.0 Å². The van der Waals surface area contributed by atoms with Crippen LogP contribution in [0.5, 0.6) is 0 Å². The lowest BCUT2D eigenvalue weighted by molar-refractivity contribution is 0.184. The number of nitrogens with one attached hydrogen (secondary N) is 1. The van der Waals surface area contributed by atoms with Crippen LogP contribution in [0.25, 0.3) is 0 Å². The molecule has 0 bridgehead atoms. The van der Waals surface area contributed by atoms with Crippen LogP contribution in [-0.2, 0) is 4.74 Å². The van der Waals surface area contributed by atoms with Gasteiger partial charge in [-0.1, -0.05) is 26.8 Å². The zero-order valence-corrected chi connectivity index (χ0v) is 19.9. The van der Waals surface area contributed by atoms with Gasteiger partial charge in [0.05, 0.1) is 0 Å². The first kappa shape index (κ1) is 25.1. The van der Waals surface area contributed by atoms with Crippen molar-refractivity contribution in [1.29, 1.82) is 0 Å². The number of amidine groups is 1. The third-order valence-corrected chi connectivity index (χ3v) is 4.65. The summed E-state index contributed by atoms with van der Waals surface area (Å²) in [5.41, 5.74) is 6.49. The van der Waals surface area contributed by atoms with Gasteiger partial charge in [0.2, 0.25) is 5.95 Å². The molecule has 0 aliphatic heterocycles. The first-order valence-electron chi connectivity index (χ1n) is 10.7. The summed E-state index contributed by atoms with van der Waals surface area (Å²) in [6.45, 7) is 7.57. The van der Waals surface area contributed by atoms with Crippen LogP contribution < -0.4 is 16.0 Å². The number of hydrogen-bond donors (Lipinski definition) is 2. The first-order valence-corrected chi connectivity index (χ1v) is 10.7. The number of aromatic nitrogens is 2. The summed E-state index contributed by atoms with van der Waals surface area (Å²) in [6, 6.07) is 1.67. The van der Waals surface area contributed by atoms with Crippen LogP contribution in [0.1, 0.15) is 33.6 Å². The number of hydrogen-bond acceptors (Lipinski definition) is 8. The lowest BCUT2D eigenvalue weighted by atomic mass is 9.92. The number of nitrogens with zero attached hydrogens (tertiary/aromatic N) is 5. The highest BCUT2D eigenvalue weighted by atomic mass is 16.6. The van der Waals surface area contributed by atoms with Crippen molar-refractivity contribution in [3.63, 3.8) is 0 Å². The van der Waals surface area contributed by atoms with Gasteiger partial charge in [0.25, 0.3) is 0 Å². The molecule has 1 aliphatic rings. The second-order valence-electron chi connectivity index (χ2n) is 8.89. The van der Waals surface area contributed by atoms with Crippen molar-refractivity contribution in [2.24, 2.45) is 16.1 Å². The molecule has 1 aromatic heterocycles. The summed E-state index contributed by atoms with van der Waals surface area (Å²) in [7, 11) is 5.95. The molecule has 1 aromatic rings. The van der Waals surface area contributed by atoms with Gasteiger partial charge in [0, 0.05) is 49.6 Å². The molecule has 9 heteroatoms. The average Bonchev–Trinajstić information content (AvgIpc) is 2.72. The van der Waals surface area contributed by atoms with Gasteiger partial charge < -0.3 is 20.3 Å². The Hall–Kier alpha value is -3.20. The lowest BCUT2D eigenvalue weighted by Crippen LogP contribution is -2.31. The maximum Gasteiger partial charge on any atom is 0.418 e. The quantitative estimate of drug-likeness (QED) is 0.493. The fourth-order valence-electron chi connectivity index (χ4n) is 2.52. The van der Waals surface area contributed by atoms with Gasteiger partial charge in [-0.2, -0.15) is 4.98 Å². The highest BCUT2D eigenvalue weighted by Crippen LogP contribution is 2.21. The maximum absolute atomic E-state index is 12.5. The van der Waals surface area contributed by atoms with Gasteiger partial charge in [0.1, 0.15) is 11.6 Å². The van der Waals surface area contributed by atoms with E-state index in [-0.39, 0.29) is 11.3 Å². The number of alkyl carbamates (subject to hydrolysis) is 1. The van der Waals surface area contributed by atoms with Crippen molar-refractivity contribution in [3.05, 3.63) is 48.0 Å².